The molecule has 0 saturated heterocycles. The van der Waals surface area contributed by atoms with E-state index in [0.717, 1.165) is 12.8 Å². The lowest BCUT2D eigenvalue weighted by Crippen LogP contribution is -2.42. The second kappa shape index (κ2) is 4.90. The molecule has 0 aromatic rings. The largest absolute Gasteiger partial charge is 0.480 e. The molecule has 0 heterocycles. The van der Waals surface area contributed by atoms with Crippen LogP contribution in [0.25, 0.3) is 0 Å². The first kappa shape index (κ1) is 11.1. The van der Waals surface area contributed by atoms with Gasteiger partial charge in [0.2, 0.25) is 0 Å². The molecule has 4 heteroatoms. The molecule has 0 bridgehead atoms. The molecule has 0 fully saturated rings. The van der Waals surface area contributed by atoms with Crippen LogP contribution in [0.4, 0.5) is 0 Å². The van der Waals surface area contributed by atoms with Gasteiger partial charge in [-0.25, -0.2) is 4.79 Å². The maximum Gasteiger partial charge on any atom is 0.327 e. The highest BCUT2D eigenvalue weighted by atomic mass is 16.4. The van der Waals surface area contributed by atoms with Crippen molar-refractivity contribution in [3.8, 4) is 0 Å². The minimum absolute atomic E-state index is 0.610. The van der Waals surface area contributed by atoms with Gasteiger partial charge in [0.1, 0.15) is 5.54 Å². The lowest BCUT2D eigenvalue weighted by atomic mass is 10.0. The average molecular weight is 172 g/mol. The molecule has 12 heavy (non-hydrogen) atoms. The van der Waals surface area contributed by atoms with Gasteiger partial charge in [0, 0.05) is 0 Å². The van der Waals surface area contributed by atoms with E-state index in [1.807, 2.05) is 0 Å². The fourth-order valence-corrected chi connectivity index (χ4v) is 0.635. The normalized spacial score (nSPS) is 16.2. The summed E-state index contributed by atoms with van der Waals surface area (Å²) in [5.74, 6) is -1.02. The van der Waals surface area contributed by atoms with Gasteiger partial charge in [0.25, 0.3) is 0 Å². The predicted molar refractivity (Wildman–Crippen MR) is 47.7 cm³/mol. The summed E-state index contributed by atoms with van der Waals surface area (Å²) in [5.41, 5.74) is 9.43. The monoisotopic (exact) mass is 172 g/mol. The van der Waals surface area contributed by atoms with Crippen molar-refractivity contribution in [2.75, 3.05) is 6.54 Å². The van der Waals surface area contributed by atoms with Crippen LogP contribution < -0.4 is 11.5 Å². The van der Waals surface area contributed by atoms with Crippen molar-refractivity contribution in [3.63, 3.8) is 0 Å². The summed E-state index contributed by atoms with van der Waals surface area (Å²) in [6.07, 6.45) is 4.87. The van der Waals surface area contributed by atoms with Crippen LogP contribution in [0.2, 0.25) is 0 Å². The summed E-state index contributed by atoms with van der Waals surface area (Å²) < 4.78 is 0. The van der Waals surface area contributed by atoms with Crippen LogP contribution >= 0.6 is 0 Å². The van der Waals surface area contributed by atoms with Crippen molar-refractivity contribution < 1.29 is 9.90 Å². The number of aliphatic carboxylic acids is 1. The molecule has 70 valence electrons. The molecule has 0 aliphatic carbocycles. The summed E-state index contributed by atoms with van der Waals surface area (Å²) in [4.78, 5) is 10.5. The topological polar surface area (TPSA) is 89.3 Å². The molecule has 0 aromatic heterocycles. The number of hydrogen-bond acceptors (Lipinski definition) is 3. The summed E-state index contributed by atoms with van der Waals surface area (Å²) in [5, 5.41) is 8.60. The van der Waals surface area contributed by atoms with E-state index < -0.39 is 11.5 Å². The molecular weight excluding hydrogens is 156 g/mol. The van der Waals surface area contributed by atoms with Gasteiger partial charge in [-0.1, -0.05) is 12.2 Å². The Hall–Kier alpha value is -0.870. The Kier molecular flexibility index (Phi) is 4.54. The zero-order chi connectivity index (χ0) is 9.61. The van der Waals surface area contributed by atoms with Gasteiger partial charge in [-0.15, -0.1) is 0 Å². The van der Waals surface area contributed by atoms with E-state index in [4.69, 9.17) is 16.6 Å². The van der Waals surface area contributed by atoms with Gasteiger partial charge in [-0.05, 0) is 26.3 Å². The Morgan fingerprint density at radius 2 is 2.25 bits per heavy atom. The minimum atomic E-state index is -1.26. The van der Waals surface area contributed by atoms with Crippen LogP contribution in [-0.4, -0.2) is 23.2 Å². The molecule has 0 radical (unpaired) electrons. The molecule has 0 spiro atoms. The molecule has 0 saturated carbocycles. The van der Waals surface area contributed by atoms with Crippen molar-refractivity contribution in [1.29, 1.82) is 0 Å². The molecular formula is C8H16N2O2. The predicted octanol–water partition coefficient (Wildman–Crippen LogP) is 0.0835. The molecule has 0 aliphatic heterocycles. The third-order valence-electron chi connectivity index (χ3n) is 1.50. The van der Waals surface area contributed by atoms with Crippen LogP contribution in [0.3, 0.4) is 0 Å². The number of nitrogens with two attached hydrogens (primary N) is 2. The van der Waals surface area contributed by atoms with E-state index in [2.05, 4.69) is 0 Å². The van der Waals surface area contributed by atoms with E-state index in [1.54, 1.807) is 6.08 Å². The number of carbonyl (C=O) groups is 1. The summed E-state index contributed by atoms with van der Waals surface area (Å²) in [6.45, 7) is 2.06. The van der Waals surface area contributed by atoms with Gasteiger partial charge in [0.15, 0.2) is 0 Å². The Morgan fingerprint density at radius 3 is 2.67 bits per heavy atom. The third-order valence-corrected chi connectivity index (χ3v) is 1.50. The molecule has 0 aromatic carbocycles. The Labute approximate surface area is 72.2 Å². The van der Waals surface area contributed by atoms with Gasteiger partial charge in [0.05, 0.1) is 0 Å². The second-order valence-corrected chi connectivity index (χ2v) is 2.92. The first-order chi connectivity index (χ1) is 5.50. The van der Waals surface area contributed by atoms with E-state index in [-0.39, 0.29) is 0 Å². The van der Waals surface area contributed by atoms with Gasteiger partial charge in [-0.3, -0.25) is 0 Å². The number of rotatable bonds is 5. The molecule has 0 aliphatic rings. The molecule has 0 rings (SSSR count). The maximum absolute atomic E-state index is 10.5. The summed E-state index contributed by atoms with van der Waals surface area (Å²) in [6, 6.07) is 0. The SMILES string of the molecule is CC(N)(C=CCCCN)C(=O)O. The van der Waals surface area contributed by atoms with Gasteiger partial charge in [-0.2, -0.15) is 0 Å². The number of unbranched alkanes of at least 4 members (excludes halogenated alkanes) is 1. The second-order valence-electron chi connectivity index (χ2n) is 2.92. The highest BCUT2D eigenvalue weighted by Crippen LogP contribution is 2.02. The van der Waals surface area contributed by atoms with Gasteiger partial charge < -0.3 is 16.6 Å². The number of allylic oxidation sites excluding steroid dienone is 1. The smallest absolute Gasteiger partial charge is 0.327 e. The standard InChI is InChI=1S/C8H16N2O2/c1-8(10,7(11)12)5-3-2-4-6-9/h3,5H,2,4,6,9-10H2,1H3,(H,11,12). The summed E-state index contributed by atoms with van der Waals surface area (Å²) >= 11 is 0. The van der Waals surface area contributed by atoms with Crippen LogP contribution in [-0.2, 0) is 4.79 Å². The number of hydrogen-bond donors (Lipinski definition) is 3. The van der Waals surface area contributed by atoms with Crippen molar-refractivity contribution in [1.82, 2.24) is 0 Å². The molecule has 1 unspecified atom stereocenters. The van der Waals surface area contributed by atoms with E-state index in [1.165, 1.54) is 13.0 Å². The highest BCUT2D eigenvalue weighted by molar-refractivity contribution is 5.80. The molecule has 0 amide bonds. The maximum atomic E-state index is 10.5. The fraction of sp³-hybridized carbons (Fsp3) is 0.625. The van der Waals surface area contributed by atoms with Crippen molar-refractivity contribution in [2.24, 2.45) is 11.5 Å². The molecule has 4 nitrogen and oxygen atoms in total. The minimum Gasteiger partial charge on any atom is -0.480 e. The van der Waals surface area contributed by atoms with Crippen LogP contribution in [0.1, 0.15) is 19.8 Å². The molecule has 5 N–H and O–H groups in total. The van der Waals surface area contributed by atoms with E-state index in [9.17, 15) is 4.79 Å². The van der Waals surface area contributed by atoms with Crippen LogP contribution in [0.5, 0.6) is 0 Å². The quantitative estimate of drug-likeness (QED) is 0.405. The average Bonchev–Trinajstić information content (AvgIpc) is 1.98. The Balaban J connectivity index is 3.88. The number of carboxylic acids is 1. The first-order valence-electron chi connectivity index (χ1n) is 3.90. The van der Waals surface area contributed by atoms with E-state index >= 15 is 0 Å². The van der Waals surface area contributed by atoms with Crippen LogP contribution in [0.15, 0.2) is 12.2 Å². The lowest BCUT2D eigenvalue weighted by Gasteiger charge is -2.12. The van der Waals surface area contributed by atoms with E-state index in [0.29, 0.717) is 6.54 Å². The van der Waals surface area contributed by atoms with Crippen LogP contribution in [0, 0.1) is 0 Å². The Bertz CT molecular complexity index is 176. The first-order valence-corrected chi connectivity index (χ1v) is 3.90. The zero-order valence-corrected chi connectivity index (χ0v) is 7.29. The fourth-order valence-electron chi connectivity index (χ4n) is 0.635. The number of carboxylic acid groups (broad SMARTS) is 1. The van der Waals surface area contributed by atoms with Gasteiger partial charge >= 0.3 is 5.97 Å². The lowest BCUT2D eigenvalue weighted by molar-refractivity contribution is -0.140. The zero-order valence-electron chi connectivity index (χ0n) is 7.29. The molecule has 1 atom stereocenters. The van der Waals surface area contributed by atoms with Crippen molar-refractivity contribution in [3.05, 3.63) is 12.2 Å². The third kappa shape index (κ3) is 4.10. The highest BCUT2D eigenvalue weighted by Gasteiger charge is 2.23. The van der Waals surface area contributed by atoms with Crippen molar-refractivity contribution >= 4 is 5.97 Å². The van der Waals surface area contributed by atoms with Crippen molar-refractivity contribution in [2.45, 2.75) is 25.3 Å². The summed E-state index contributed by atoms with van der Waals surface area (Å²) in [7, 11) is 0. The Morgan fingerprint density at radius 1 is 1.67 bits per heavy atom.